The third kappa shape index (κ3) is 2.19. The maximum absolute atomic E-state index is 13.3. The molecule has 164 valence electrons. The van der Waals surface area contributed by atoms with Gasteiger partial charge in [-0.25, -0.2) is 0 Å². The molecule has 0 amide bonds. The van der Waals surface area contributed by atoms with Crippen molar-refractivity contribution in [2.75, 3.05) is 13.2 Å². The molecule has 0 aromatic heterocycles. The maximum atomic E-state index is 13.3. The van der Waals surface area contributed by atoms with Gasteiger partial charge in [-0.1, -0.05) is 13.5 Å². The number of Topliss-reactive ketones (excluding diaryl/α,β-unsaturated/α-hetero) is 1. The van der Waals surface area contributed by atoms with Crippen LogP contribution in [0.1, 0.15) is 39.5 Å². The number of carbonyl (C=O) groups excluding carboxylic acids is 3. The van der Waals surface area contributed by atoms with Crippen LogP contribution in [0.2, 0.25) is 0 Å². The maximum Gasteiger partial charge on any atom is 0.320 e. The summed E-state index contributed by atoms with van der Waals surface area (Å²) in [6, 6.07) is 0. The molecule has 0 radical (unpaired) electrons. The molecule has 2 N–H and O–H groups in total. The lowest BCUT2D eigenvalue weighted by Gasteiger charge is -2.62. The van der Waals surface area contributed by atoms with Crippen molar-refractivity contribution in [2.24, 2.45) is 34.0 Å². The molecular weight excluding hydrogens is 392 g/mol. The van der Waals surface area contributed by atoms with E-state index in [4.69, 9.17) is 14.2 Å². The van der Waals surface area contributed by atoms with Crippen molar-refractivity contribution < 1.29 is 38.8 Å². The molecule has 2 heterocycles. The van der Waals surface area contributed by atoms with Crippen molar-refractivity contribution in [3.63, 3.8) is 0 Å². The highest BCUT2D eigenvalue weighted by atomic mass is 16.6. The summed E-state index contributed by atoms with van der Waals surface area (Å²) < 4.78 is 17.0. The Kier molecular flexibility index (Phi) is 4.13. The van der Waals surface area contributed by atoms with Crippen molar-refractivity contribution in [2.45, 2.75) is 58.0 Å². The van der Waals surface area contributed by atoms with E-state index in [1.165, 1.54) is 6.92 Å². The van der Waals surface area contributed by atoms with Crippen LogP contribution in [0.25, 0.3) is 0 Å². The third-order valence-electron chi connectivity index (χ3n) is 8.69. The predicted molar refractivity (Wildman–Crippen MR) is 101 cm³/mol. The van der Waals surface area contributed by atoms with Gasteiger partial charge in [-0.2, -0.15) is 0 Å². The highest BCUT2D eigenvalue weighted by Gasteiger charge is 2.79. The number of allylic oxidation sites excluding steroid dienone is 1. The Labute approximate surface area is 174 Å². The average molecular weight is 420 g/mol. The Morgan fingerprint density at radius 3 is 2.73 bits per heavy atom. The Hall–Kier alpha value is -1.77. The van der Waals surface area contributed by atoms with Crippen LogP contribution in [-0.4, -0.2) is 59.6 Å². The highest BCUT2D eigenvalue weighted by Crippen LogP contribution is 2.71. The van der Waals surface area contributed by atoms with Crippen molar-refractivity contribution >= 4 is 17.7 Å². The Morgan fingerprint density at radius 1 is 1.30 bits per heavy atom. The van der Waals surface area contributed by atoms with Gasteiger partial charge in [0.05, 0.1) is 19.3 Å². The number of fused-ring (bicyclic) bond motifs is 1. The number of rotatable bonds is 2. The molecule has 30 heavy (non-hydrogen) atoms. The fourth-order valence-corrected chi connectivity index (χ4v) is 7.61. The molecule has 8 heteroatoms. The van der Waals surface area contributed by atoms with E-state index >= 15 is 0 Å². The Balaban J connectivity index is 1.66. The minimum absolute atomic E-state index is 0.0698. The summed E-state index contributed by atoms with van der Waals surface area (Å²) in [6.45, 7) is 7.31. The minimum Gasteiger partial charge on any atom is -0.465 e. The van der Waals surface area contributed by atoms with Gasteiger partial charge in [0.15, 0.2) is 12.1 Å². The van der Waals surface area contributed by atoms with E-state index in [0.29, 0.717) is 24.8 Å². The van der Waals surface area contributed by atoms with Gasteiger partial charge in [-0.3, -0.25) is 14.4 Å². The van der Waals surface area contributed by atoms with Crippen LogP contribution in [0.4, 0.5) is 0 Å². The van der Waals surface area contributed by atoms with E-state index in [2.05, 4.69) is 6.58 Å². The second-order valence-electron chi connectivity index (χ2n) is 10.2. The van der Waals surface area contributed by atoms with Crippen LogP contribution in [0.5, 0.6) is 0 Å². The molecule has 2 unspecified atom stereocenters. The van der Waals surface area contributed by atoms with Crippen LogP contribution >= 0.6 is 0 Å². The SMILES string of the molecule is C=C1C(=O)[C@@]23C[C@H]1C[C@@H](O)C2[C@@]12CO[C@@H](O)C1[C@](C)(COC(C)=O)CC[C@@H]2OC3=O. The molecule has 0 aromatic rings. The molecule has 3 aliphatic carbocycles. The number of ether oxygens (including phenoxy) is 3. The topological polar surface area (TPSA) is 119 Å². The van der Waals surface area contributed by atoms with Gasteiger partial charge in [-0.05, 0) is 37.2 Å². The van der Waals surface area contributed by atoms with E-state index in [-0.39, 0.29) is 31.3 Å². The molecular formula is C22H28O8. The molecule has 2 bridgehead atoms. The molecule has 9 atom stereocenters. The van der Waals surface area contributed by atoms with E-state index in [1.807, 2.05) is 6.92 Å². The zero-order valence-electron chi connectivity index (χ0n) is 17.3. The lowest BCUT2D eigenvalue weighted by Crippen LogP contribution is -2.71. The molecule has 2 spiro atoms. The van der Waals surface area contributed by atoms with E-state index < -0.39 is 58.5 Å². The van der Waals surface area contributed by atoms with E-state index in [0.717, 1.165) is 0 Å². The van der Waals surface area contributed by atoms with Crippen LogP contribution in [0, 0.1) is 34.0 Å². The number of esters is 2. The molecule has 8 nitrogen and oxygen atoms in total. The van der Waals surface area contributed by atoms with Crippen molar-refractivity contribution in [3.8, 4) is 0 Å². The first-order chi connectivity index (χ1) is 14.1. The van der Waals surface area contributed by atoms with Gasteiger partial charge in [-0.15, -0.1) is 0 Å². The molecule has 3 saturated carbocycles. The predicted octanol–water partition coefficient (Wildman–Crippen LogP) is 0.739. The molecule has 5 rings (SSSR count). The summed E-state index contributed by atoms with van der Waals surface area (Å²) >= 11 is 0. The van der Waals surface area contributed by atoms with Gasteiger partial charge in [0.1, 0.15) is 11.5 Å². The number of carbonyl (C=O) groups is 3. The van der Waals surface area contributed by atoms with Crippen LogP contribution in [0.15, 0.2) is 12.2 Å². The number of aliphatic hydroxyl groups is 2. The third-order valence-corrected chi connectivity index (χ3v) is 8.69. The molecule has 2 saturated heterocycles. The zero-order chi connectivity index (χ0) is 21.6. The summed E-state index contributed by atoms with van der Waals surface area (Å²) in [5.74, 6) is -2.90. The highest BCUT2D eigenvalue weighted by molar-refractivity contribution is 6.15. The normalized spacial score (nSPS) is 51.7. The number of hydrogen-bond donors (Lipinski definition) is 2. The monoisotopic (exact) mass is 420 g/mol. The Morgan fingerprint density at radius 2 is 2.03 bits per heavy atom. The van der Waals surface area contributed by atoms with Gasteiger partial charge in [0.25, 0.3) is 0 Å². The molecule has 5 fully saturated rings. The molecule has 0 aromatic carbocycles. The average Bonchev–Trinajstić information content (AvgIpc) is 3.13. The number of hydrogen-bond acceptors (Lipinski definition) is 8. The summed E-state index contributed by atoms with van der Waals surface area (Å²) in [7, 11) is 0. The van der Waals surface area contributed by atoms with Gasteiger partial charge in [0.2, 0.25) is 0 Å². The standard InChI is InChI=1S/C22H28O8/c1-10-12-6-13(24)15-21(7-12,17(10)25)19(27)30-14-4-5-20(3,8-28-11(2)23)16-18(26)29-9-22(14,15)16/h12-16,18,24,26H,1,4-9H2,2-3H3/t12-,13-,14+,15?,16?,18-,20+,21-,22+/m1/s1. The largest absolute Gasteiger partial charge is 0.465 e. The molecule has 5 aliphatic rings. The second kappa shape index (κ2) is 6.14. The smallest absolute Gasteiger partial charge is 0.320 e. The first kappa shape index (κ1) is 20.2. The Bertz CT molecular complexity index is 852. The summed E-state index contributed by atoms with van der Waals surface area (Å²) in [5, 5.41) is 22.2. The van der Waals surface area contributed by atoms with Gasteiger partial charge >= 0.3 is 11.9 Å². The van der Waals surface area contributed by atoms with Crippen molar-refractivity contribution in [1.82, 2.24) is 0 Å². The first-order valence-corrected chi connectivity index (χ1v) is 10.6. The minimum atomic E-state index is -1.48. The lowest BCUT2D eigenvalue weighted by atomic mass is 9.43. The number of ketones is 1. The second-order valence-corrected chi connectivity index (χ2v) is 10.2. The number of aliphatic hydroxyl groups excluding tert-OH is 2. The summed E-state index contributed by atoms with van der Waals surface area (Å²) in [6.07, 6.45) is -1.02. The quantitative estimate of drug-likeness (QED) is 0.381. The zero-order valence-corrected chi connectivity index (χ0v) is 17.3. The fraction of sp³-hybridized carbons (Fsp3) is 0.773. The van der Waals surface area contributed by atoms with Gasteiger partial charge in [0, 0.05) is 29.6 Å². The van der Waals surface area contributed by atoms with Gasteiger partial charge < -0.3 is 24.4 Å². The lowest BCUT2D eigenvalue weighted by molar-refractivity contribution is -0.256. The van der Waals surface area contributed by atoms with Crippen LogP contribution in [0.3, 0.4) is 0 Å². The van der Waals surface area contributed by atoms with Crippen LogP contribution < -0.4 is 0 Å². The molecule has 2 aliphatic heterocycles. The van der Waals surface area contributed by atoms with Crippen molar-refractivity contribution in [3.05, 3.63) is 12.2 Å². The van der Waals surface area contributed by atoms with Crippen LogP contribution in [-0.2, 0) is 28.6 Å². The summed E-state index contributed by atoms with van der Waals surface area (Å²) in [4.78, 5) is 38.1. The van der Waals surface area contributed by atoms with Crippen molar-refractivity contribution in [1.29, 1.82) is 0 Å². The van der Waals surface area contributed by atoms with E-state index in [1.54, 1.807) is 0 Å². The first-order valence-electron chi connectivity index (χ1n) is 10.6. The summed E-state index contributed by atoms with van der Waals surface area (Å²) in [5.41, 5.74) is -2.71. The van der Waals surface area contributed by atoms with E-state index in [9.17, 15) is 24.6 Å². The fourth-order valence-electron chi connectivity index (χ4n) is 7.61.